The van der Waals surface area contributed by atoms with Gasteiger partial charge < -0.3 is 10.2 Å². The zero-order chi connectivity index (χ0) is 17.4. The quantitative estimate of drug-likeness (QED) is 0.715. The highest BCUT2D eigenvalue weighted by atomic mass is 32.2. The topological polar surface area (TPSA) is 69.7 Å². The van der Waals surface area contributed by atoms with Crippen molar-refractivity contribution in [3.63, 3.8) is 0 Å². The van der Waals surface area contributed by atoms with Crippen LogP contribution >= 0.6 is 0 Å². The molecule has 0 radical (unpaired) electrons. The minimum atomic E-state index is -3.65. The molecule has 1 N–H and O–H groups in total. The third-order valence-electron chi connectivity index (χ3n) is 4.17. The van der Waals surface area contributed by atoms with Crippen molar-refractivity contribution >= 4 is 15.9 Å². The Morgan fingerprint density at radius 2 is 1.83 bits per heavy atom. The predicted octanol–water partition coefficient (Wildman–Crippen LogP) is 1.30. The van der Waals surface area contributed by atoms with Crippen LogP contribution in [-0.4, -0.2) is 62.8 Å². The van der Waals surface area contributed by atoms with Gasteiger partial charge in [-0.25, -0.2) is 8.42 Å². The van der Waals surface area contributed by atoms with Gasteiger partial charge in [0, 0.05) is 32.7 Å². The normalized spacial score (nSPS) is 15.7. The van der Waals surface area contributed by atoms with Crippen molar-refractivity contribution in [2.75, 3.05) is 39.3 Å². The molecule has 0 atom stereocenters. The summed E-state index contributed by atoms with van der Waals surface area (Å²) < 4.78 is 27.1. The van der Waals surface area contributed by atoms with E-state index in [2.05, 4.69) is 12.2 Å². The number of carbonyl (C=O) groups excluding carboxylic acids is 1. The highest BCUT2D eigenvalue weighted by Gasteiger charge is 2.28. The smallest absolute Gasteiger partial charge is 0.243 e. The molecule has 1 aromatic rings. The molecule has 6 nitrogen and oxygen atoms in total. The molecule has 0 aromatic heterocycles. The van der Waals surface area contributed by atoms with E-state index in [1.54, 1.807) is 35.2 Å². The Hall–Kier alpha value is -1.44. The van der Waals surface area contributed by atoms with Crippen LogP contribution < -0.4 is 5.32 Å². The van der Waals surface area contributed by atoms with Crippen LogP contribution in [0.4, 0.5) is 0 Å². The minimum absolute atomic E-state index is 0.0824. The van der Waals surface area contributed by atoms with Crippen LogP contribution in [0.15, 0.2) is 35.2 Å². The van der Waals surface area contributed by atoms with Gasteiger partial charge in [-0.05, 0) is 18.6 Å². The van der Waals surface area contributed by atoms with Gasteiger partial charge in [0.1, 0.15) is 0 Å². The molecule has 1 aliphatic heterocycles. The monoisotopic (exact) mass is 353 g/mol. The lowest BCUT2D eigenvalue weighted by atomic mass is 10.2. The Balaban J connectivity index is 2.12. The molecule has 1 fully saturated rings. The van der Waals surface area contributed by atoms with Crippen LogP contribution in [0.5, 0.6) is 0 Å². The molecule has 1 saturated heterocycles. The highest BCUT2D eigenvalue weighted by molar-refractivity contribution is 7.89. The van der Waals surface area contributed by atoms with Gasteiger partial charge in [0.2, 0.25) is 15.9 Å². The number of unbranched alkanes of at least 4 members (excludes halogenated alkanes) is 2. The lowest BCUT2D eigenvalue weighted by Crippen LogP contribution is -2.50. The van der Waals surface area contributed by atoms with Crippen molar-refractivity contribution < 1.29 is 13.2 Å². The Labute approximate surface area is 144 Å². The van der Waals surface area contributed by atoms with Crippen LogP contribution in [0.25, 0.3) is 0 Å². The van der Waals surface area contributed by atoms with Crippen molar-refractivity contribution in [1.29, 1.82) is 0 Å². The summed E-state index contributed by atoms with van der Waals surface area (Å²) in [4.78, 5) is 14.5. The first-order valence-electron chi connectivity index (χ1n) is 8.59. The molecular weight excluding hydrogens is 326 g/mol. The van der Waals surface area contributed by atoms with E-state index < -0.39 is 10.0 Å². The molecular formula is C17H27N3O3S. The van der Waals surface area contributed by atoms with Crippen molar-refractivity contribution in [1.82, 2.24) is 14.5 Å². The lowest BCUT2D eigenvalue weighted by Gasteiger charge is -2.30. The summed E-state index contributed by atoms with van der Waals surface area (Å²) >= 11 is 0. The SMILES string of the molecule is CCCCCN(CC(=O)N1CCNCC1)S(=O)(=O)c1ccccc1. The average Bonchev–Trinajstić information content (AvgIpc) is 2.62. The van der Waals surface area contributed by atoms with Gasteiger partial charge in [-0.15, -0.1) is 0 Å². The Kier molecular flexibility index (Phi) is 7.20. The first kappa shape index (κ1) is 18.9. The van der Waals surface area contributed by atoms with Gasteiger partial charge >= 0.3 is 0 Å². The summed E-state index contributed by atoms with van der Waals surface area (Å²) in [7, 11) is -3.65. The second-order valence-electron chi connectivity index (χ2n) is 5.99. The van der Waals surface area contributed by atoms with Gasteiger partial charge in [-0.1, -0.05) is 38.0 Å². The molecule has 1 amide bonds. The van der Waals surface area contributed by atoms with Crippen molar-refractivity contribution in [2.24, 2.45) is 0 Å². The van der Waals surface area contributed by atoms with E-state index in [9.17, 15) is 13.2 Å². The number of rotatable bonds is 8. The molecule has 2 rings (SSSR count). The largest absolute Gasteiger partial charge is 0.339 e. The van der Waals surface area contributed by atoms with E-state index in [0.29, 0.717) is 19.6 Å². The summed E-state index contributed by atoms with van der Waals surface area (Å²) in [6.45, 7) is 5.14. The second kappa shape index (κ2) is 9.15. The van der Waals surface area contributed by atoms with Crippen LogP contribution in [-0.2, 0) is 14.8 Å². The third-order valence-corrected chi connectivity index (χ3v) is 6.03. The van der Waals surface area contributed by atoms with Crippen molar-refractivity contribution in [3.05, 3.63) is 30.3 Å². The zero-order valence-electron chi connectivity index (χ0n) is 14.3. The molecule has 7 heteroatoms. The number of sulfonamides is 1. The molecule has 0 spiro atoms. The number of hydrogen-bond donors (Lipinski definition) is 1. The van der Waals surface area contributed by atoms with E-state index in [-0.39, 0.29) is 17.3 Å². The predicted molar refractivity (Wildman–Crippen MR) is 94.2 cm³/mol. The molecule has 0 saturated carbocycles. The summed E-state index contributed by atoms with van der Waals surface area (Å²) in [5.74, 6) is -0.118. The summed E-state index contributed by atoms with van der Waals surface area (Å²) in [6.07, 6.45) is 2.71. The number of benzene rings is 1. The maximum atomic E-state index is 12.9. The van der Waals surface area contributed by atoms with E-state index >= 15 is 0 Å². The number of carbonyl (C=O) groups is 1. The molecule has 24 heavy (non-hydrogen) atoms. The van der Waals surface area contributed by atoms with Gasteiger partial charge in [-0.3, -0.25) is 4.79 Å². The molecule has 1 aliphatic rings. The molecule has 0 bridgehead atoms. The van der Waals surface area contributed by atoms with Gasteiger partial charge in [0.15, 0.2) is 0 Å². The van der Waals surface area contributed by atoms with Crippen LogP contribution in [0, 0.1) is 0 Å². The number of piperazine rings is 1. The van der Waals surface area contributed by atoms with Crippen molar-refractivity contribution in [2.45, 2.75) is 31.1 Å². The molecule has 1 heterocycles. The Morgan fingerprint density at radius 3 is 2.46 bits per heavy atom. The summed E-state index contributed by atoms with van der Waals surface area (Å²) in [6, 6.07) is 8.35. The van der Waals surface area contributed by atoms with Crippen LogP contribution in [0.3, 0.4) is 0 Å². The standard InChI is InChI=1S/C17H27N3O3S/c1-2-3-7-12-20(15-17(21)19-13-10-18-11-14-19)24(22,23)16-8-5-4-6-9-16/h4-6,8-9,18H,2-3,7,10-15H2,1H3. The van der Waals surface area contributed by atoms with Crippen LogP contribution in [0.1, 0.15) is 26.2 Å². The minimum Gasteiger partial charge on any atom is -0.339 e. The Bertz CT molecular complexity index is 613. The number of amides is 1. The Morgan fingerprint density at radius 1 is 1.17 bits per heavy atom. The number of hydrogen-bond acceptors (Lipinski definition) is 4. The number of nitrogens with one attached hydrogen (secondary N) is 1. The third kappa shape index (κ3) is 5.03. The fourth-order valence-corrected chi connectivity index (χ4v) is 4.18. The second-order valence-corrected chi connectivity index (χ2v) is 7.93. The number of nitrogens with zero attached hydrogens (tertiary/aromatic N) is 2. The molecule has 0 unspecified atom stereocenters. The van der Waals surface area contributed by atoms with E-state index in [1.807, 2.05) is 0 Å². The van der Waals surface area contributed by atoms with Crippen LogP contribution in [0.2, 0.25) is 0 Å². The average molecular weight is 353 g/mol. The summed E-state index contributed by atoms with van der Waals surface area (Å²) in [5.41, 5.74) is 0. The first-order chi connectivity index (χ1) is 11.6. The van der Waals surface area contributed by atoms with E-state index in [1.165, 1.54) is 4.31 Å². The lowest BCUT2D eigenvalue weighted by molar-refractivity contribution is -0.131. The maximum Gasteiger partial charge on any atom is 0.243 e. The van der Waals surface area contributed by atoms with Gasteiger partial charge in [-0.2, -0.15) is 4.31 Å². The highest BCUT2D eigenvalue weighted by Crippen LogP contribution is 2.16. The molecule has 1 aromatic carbocycles. The maximum absolute atomic E-state index is 12.9. The van der Waals surface area contributed by atoms with Gasteiger partial charge in [0.05, 0.1) is 11.4 Å². The fourth-order valence-electron chi connectivity index (χ4n) is 2.73. The van der Waals surface area contributed by atoms with Gasteiger partial charge in [0.25, 0.3) is 0 Å². The van der Waals surface area contributed by atoms with E-state index in [0.717, 1.165) is 32.4 Å². The van der Waals surface area contributed by atoms with Crippen molar-refractivity contribution in [3.8, 4) is 0 Å². The molecule has 0 aliphatic carbocycles. The summed E-state index contributed by atoms with van der Waals surface area (Å²) in [5, 5.41) is 3.20. The van der Waals surface area contributed by atoms with E-state index in [4.69, 9.17) is 0 Å². The fraction of sp³-hybridized carbons (Fsp3) is 0.588. The zero-order valence-corrected chi connectivity index (χ0v) is 15.1. The first-order valence-corrected chi connectivity index (χ1v) is 10.0. The molecule has 134 valence electrons.